The molecule has 14 heavy (non-hydrogen) atoms. The van der Waals surface area contributed by atoms with Crippen LogP contribution in [0.15, 0.2) is 18.2 Å². The highest BCUT2D eigenvalue weighted by Gasteiger charge is 2.06. The molecule has 1 rings (SSSR count). The maximum atomic E-state index is 3.51. The summed E-state index contributed by atoms with van der Waals surface area (Å²) in [6.45, 7) is 11.0. The first-order chi connectivity index (χ1) is 6.50. The van der Waals surface area contributed by atoms with E-state index in [0.717, 1.165) is 0 Å². The van der Waals surface area contributed by atoms with Crippen LogP contribution >= 0.6 is 0 Å². The Bertz CT molecular complexity index is 302. The molecule has 1 nitrogen and oxygen atoms in total. The molecule has 0 aliphatic carbocycles. The summed E-state index contributed by atoms with van der Waals surface area (Å²) in [7, 11) is 0. The molecule has 0 aliphatic heterocycles. The van der Waals surface area contributed by atoms with Crippen molar-refractivity contribution in [1.82, 2.24) is 0 Å². The highest BCUT2D eigenvalue weighted by Crippen LogP contribution is 2.16. The quantitative estimate of drug-likeness (QED) is 0.767. The number of rotatable bonds is 3. The van der Waals surface area contributed by atoms with E-state index in [1.165, 1.54) is 16.8 Å². The van der Waals surface area contributed by atoms with E-state index in [1.54, 1.807) is 0 Å². The maximum Gasteiger partial charge on any atom is 0.0345 e. The molecule has 0 amide bonds. The minimum absolute atomic E-state index is 0.525. The number of hydrogen-bond donors (Lipinski definition) is 1. The van der Waals surface area contributed by atoms with Gasteiger partial charge in [-0.25, -0.2) is 0 Å². The number of hydrogen-bond acceptors (Lipinski definition) is 1. The van der Waals surface area contributed by atoms with Gasteiger partial charge < -0.3 is 5.32 Å². The summed E-state index contributed by atoms with van der Waals surface area (Å²) in [5, 5.41) is 3.51. The van der Waals surface area contributed by atoms with Gasteiger partial charge in [0.15, 0.2) is 0 Å². The molecule has 0 radical (unpaired) electrons. The highest BCUT2D eigenvalue weighted by molar-refractivity contribution is 5.48. The van der Waals surface area contributed by atoms with Crippen molar-refractivity contribution in [3.8, 4) is 0 Å². The van der Waals surface area contributed by atoms with Gasteiger partial charge >= 0.3 is 0 Å². The second kappa shape index (κ2) is 4.50. The molecule has 1 atom stereocenters. The van der Waals surface area contributed by atoms with Crippen molar-refractivity contribution in [2.75, 3.05) is 5.32 Å². The number of benzene rings is 1. The lowest BCUT2D eigenvalue weighted by Gasteiger charge is -2.19. The van der Waals surface area contributed by atoms with Crippen molar-refractivity contribution in [3.05, 3.63) is 29.3 Å². The highest BCUT2D eigenvalue weighted by atomic mass is 14.9. The molecular formula is C13H21N. The zero-order valence-corrected chi connectivity index (χ0v) is 9.89. The van der Waals surface area contributed by atoms with Crippen LogP contribution in [0.3, 0.4) is 0 Å². The summed E-state index contributed by atoms with van der Waals surface area (Å²) in [5.41, 5.74) is 3.94. The molecule has 0 fully saturated rings. The Labute approximate surface area is 87.5 Å². The summed E-state index contributed by atoms with van der Waals surface area (Å²) in [6.07, 6.45) is 0. The molecule has 0 saturated carbocycles. The summed E-state index contributed by atoms with van der Waals surface area (Å²) in [4.78, 5) is 0. The Kier molecular flexibility index (Phi) is 3.56. The zero-order valence-electron chi connectivity index (χ0n) is 9.89. The van der Waals surface area contributed by atoms with E-state index in [4.69, 9.17) is 0 Å². The summed E-state index contributed by atoms with van der Waals surface area (Å²) < 4.78 is 0. The molecule has 78 valence electrons. The molecule has 0 aromatic heterocycles. The number of aryl methyl sites for hydroxylation is 2. The van der Waals surface area contributed by atoms with E-state index in [2.05, 4.69) is 58.1 Å². The fourth-order valence-electron chi connectivity index (χ4n) is 1.26. The largest absolute Gasteiger partial charge is 0.382 e. The first kappa shape index (κ1) is 11.1. The van der Waals surface area contributed by atoms with Crippen LogP contribution in [-0.2, 0) is 0 Å². The first-order valence-corrected chi connectivity index (χ1v) is 5.34. The molecular weight excluding hydrogens is 170 g/mol. The Morgan fingerprint density at radius 3 is 2.14 bits per heavy atom. The molecule has 1 unspecified atom stereocenters. The molecule has 0 aliphatic rings. The minimum Gasteiger partial charge on any atom is -0.382 e. The predicted octanol–water partition coefficient (Wildman–Crippen LogP) is 3.76. The van der Waals surface area contributed by atoms with Crippen LogP contribution in [-0.4, -0.2) is 6.04 Å². The lowest BCUT2D eigenvalue weighted by atomic mass is 10.0. The van der Waals surface area contributed by atoms with Crippen LogP contribution in [0.1, 0.15) is 31.9 Å². The average molecular weight is 191 g/mol. The van der Waals surface area contributed by atoms with Crippen LogP contribution in [0, 0.1) is 19.8 Å². The van der Waals surface area contributed by atoms with E-state index in [1.807, 2.05) is 0 Å². The fraction of sp³-hybridized carbons (Fsp3) is 0.538. The summed E-state index contributed by atoms with van der Waals surface area (Å²) >= 11 is 0. The van der Waals surface area contributed by atoms with E-state index >= 15 is 0 Å². The Hall–Kier alpha value is -0.980. The van der Waals surface area contributed by atoms with Gasteiger partial charge in [0.1, 0.15) is 0 Å². The van der Waals surface area contributed by atoms with E-state index in [9.17, 15) is 0 Å². The van der Waals surface area contributed by atoms with Crippen molar-refractivity contribution in [2.45, 2.75) is 40.7 Å². The van der Waals surface area contributed by atoms with E-state index < -0.39 is 0 Å². The normalized spacial score (nSPS) is 13.0. The molecule has 1 N–H and O–H groups in total. The lowest BCUT2D eigenvalue weighted by molar-refractivity contribution is 0.560. The molecule has 0 bridgehead atoms. The molecule has 1 aromatic rings. The van der Waals surface area contributed by atoms with Gasteiger partial charge in [-0.05, 0) is 49.9 Å². The zero-order chi connectivity index (χ0) is 10.7. The topological polar surface area (TPSA) is 12.0 Å². The van der Waals surface area contributed by atoms with Gasteiger partial charge in [-0.2, -0.15) is 0 Å². The average Bonchev–Trinajstić information content (AvgIpc) is 2.11. The summed E-state index contributed by atoms with van der Waals surface area (Å²) in [5.74, 6) is 0.664. The van der Waals surface area contributed by atoms with Crippen molar-refractivity contribution >= 4 is 5.69 Å². The van der Waals surface area contributed by atoms with Crippen molar-refractivity contribution in [2.24, 2.45) is 5.92 Å². The van der Waals surface area contributed by atoms with Crippen molar-refractivity contribution in [1.29, 1.82) is 0 Å². The van der Waals surface area contributed by atoms with Crippen LogP contribution < -0.4 is 5.32 Å². The Balaban J connectivity index is 2.73. The van der Waals surface area contributed by atoms with Crippen LogP contribution in [0.4, 0.5) is 5.69 Å². The second-order valence-corrected chi connectivity index (χ2v) is 4.48. The first-order valence-electron chi connectivity index (χ1n) is 5.34. The number of nitrogens with one attached hydrogen (secondary N) is 1. The van der Waals surface area contributed by atoms with Gasteiger partial charge in [0, 0.05) is 11.7 Å². The van der Waals surface area contributed by atoms with Gasteiger partial charge in [0.25, 0.3) is 0 Å². The number of anilines is 1. The van der Waals surface area contributed by atoms with Gasteiger partial charge in [0.2, 0.25) is 0 Å². The van der Waals surface area contributed by atoms with Crippen molar-refractivity contribution in [3.63, 3.8) is 0 Å². The third-order valence-electron chi connectivity index (χ3n) is 2.90. The lowest BCUT2D eigenvalue weighted by Crippen LogP contribution is -2.21. The molecule has 1 aromatic carbocycles. The van der Waals surface area contributed by atoms with Gasteiger partial charge in [-0.1, -0.05) is 19.9 Å². The van der Waals surface area contributed by atoms with Crippen LogP contribution in [0.5, 0.6) is 0 Å². The van der Waals surface area contributed by atoms with Gasteiger partial charge in [-0.3, -0.25) is 0 Å². The summed E-state index contributed by atoms with van der Waals surface area (Å²) in [6, 6.07) is 7.07. The second-order valence-electron chi connectivity index (χ2n) is 4.48. The fourth-order valence-corrected chi connectivity index (χ4v) is 1.26. The van der Waals surface area contributed by atoms with Gasteiger partial charge in [-0.15, -0.1) is 0 Å². The third kappa shape index (κ3) is 2.76. The van der Waals surface area contributed by atoms with Crippen LogP contribution in [0.2, 0.25) is 0 Å². The monoisotopic (exact) mass is 191 g/mol. The Morgan fingerprint density at radius 1 is 1.00 bits per heavy atom. The molecule has 1 heteroatoms. The van der Waals surface area contributed by atoms with E-state index in [-0.39, 0.29) is 0 Å². The third-order valence-corrected chi connectivity index (χ3v) is 2.90. The van der Waals surface area contributed by atoms with Crippen LogP contribution in [0.25, 0.3) is 0 Å². The molecule has 0 spiro atoms. The SMILES string of the molecule is Cc1ccc(NC(C)C(C)C)cc1C. The predicted molar refractivity (Wildman–Crippen MR) is 63.8 cm³/mol. The Morgan fingerprint density at radius 2 is 1.64 bits per heavy atom. The minimum atomic E-state index is 0.525. The smallest absolute Gasteiger partial charge is 0.0345 e. The van der Waals surface area contributed by atoms with E-state index in [0.29, 0.717) is 12.0 Å². The maximum absolute atomic E-state index is 3.51. The van der Waals surface area contributed by atoms with Gasteiger partial charge in [0.05, 0.1) is 0 Å². The van der Waals surface area contributed by atoms with Crippen molar-refractivity contribution < 1.29 is 0 Å². The standard InChI is InChI=1S/C13H21N/c1-9(2)12(5)14-13-7-6-10(3)11(4)8-13/h6-9,12,14H,1-5H3. The molecule has 0 heterocycles. The molecule has 0 saturated heterocycles.